The summed E-state index contributed by atoms with van der Waals surface area (Å²) in [7, 11) is 0.643. The Morgan fingerprint density at radius 3 is 2.80 bits per heavy atom. The molecule has 1 aromatic rings. The molecule has 1 aliphatic rings. The first-order valence-electron chi connectivity index (χ1n) is 6.52. The number of halogens is 1. The highest BCUT2D eigenvalue weighted by Gasteiger charge is 2.24. The topological polar surface area (TPSA) is 52.6 Å². The lowest BCUT2D eigenvalue weighted by molar-refractivity contribution is 0.117. The van der Waals surface area contributed by atoms with E-state index in [0.717, 1.165) is 24.1 Å². The van der Waals surface area contributed by atoms with Crippen molar-refractivity contribution in [3.8, 4) is 0 Å². The van der Waals surface area contributed by atoms with Crippen LogP contribution in [0.15, 0.2) is 33.6 Å². The zero-order valence-electron chi connectivity index (χ0n) is 11.7. The van der Waals surface area contributed by atoms with Crippen LogP contribution in [0.2, 0.25) is 0 Å². The molecule has 0 saturated carbocycles. The lowest BCUT2D eigenvalue weighted by Gasteiger charge is -2.37. The third-order valence-corrected chi connectivity index (χ3v) is 5.51. The van der Waals surface area contributed by atoms with Crippen LogP contribution in [-0.4, -0.2) is 64.5 Å². The molecule has 0 aliphatic carbocycles. The maximum Gasteiger partial charge on any atom is 0.240 e. The summed E-state index contributed by atoms with van der Waals surface area (Å²) in [5, 5.41) is 0. The minimum absolute atomic E-state index is 0.204. The smallest absolute Gasteiger partial charge is 0.240 e. The Kier molecular flexibility index (Phi) is 5.19. The maximum absolute atomic E-state index is 12.3. The molecule has 20 heavy (non-hydrogen) atoms. The molecule has 1 saturated heterocycles. The Labute approximate surface area is 129 Å². The zero-order valence-corrected chi connectivity index (χ0v) is 14.1. The Bertz CT molecular complexity index is 564. The van der Waals surface area contributed by atoms with Gasteiger partial charge in [-0.2, -0.15) is 0 Å². The Balaban J connectivity index is 2.02. The summed E-state index contributed by atoms with van der Waals surface area (Å²) in [6.45, 7) is 3.28. The van der Waals surface area contributed by atoms with Gasteiger partial charge in [0.15, 0.2) is 0 Å². The summed E-state index contributed by atoms with van der Waals surface area (Å²) in [5.41, 5.74) is 0. The van der Waals surface area contributed by atoms with Crippen LogP contribution in [-0.2, 0) is 10.0 Å². The molecule has 1 aliphatic heterocycles. The normalized spacial score (nSPS) is 22.1. The minimum atomic E-state index is -3.45. The van der Waals surface area contributed by atoms with Crippen molar-refractivity contribution < 1.29 is 8.42 Å². The van der Waals surface area contributed by atoms with Crippen LogP contribution in [0, 0.1) is 0 Å². The summed E-state index contributed by atoms with van der Waals surface area (Å²) < 4.78 is 28.0. The van der Waals surface area contributed by atoms with Crippen molar-refractivity contribution in [2.75, 3.05) is 40.3 Å². The zero-order chi connectivity index (χ0) is 14.8. The van der Waals surface area contributed by atoms with Crippen LogP contribution < -0.4 is 4.72 Å². The molecule has 1 N–H and O–H groups in total. The fourth-order valence-corrected chi connectivity index (χ4v) is 3.91. The van der Waals surface area contributed by atoms with E-state index in [1.807, 2.05) is 13.1 Å². The molecule has 112 valence electrons. The lowest BCUT2D eigenvalue weighted by atomic mass is 10.2. The van der Waals surface area contributed by atoms with Gasteiger partial charge in [-0.3, -0.25) is 4.90 Å². The first-order valence-corrected chi connectivity index (χ1v) is 8.80. The number of sulfonamides is 1. The molecule has 1 unspecified atom stereocenters. The van der Waals surface area contributed by atoms with Crippen LogP contribution in [0.25, 0.3) is 0 Å². The number of hydrogen-bond donors (Lipinski definition) is 1. The molecule has 1 atom stereocenters. The van der Waals surface area contributed by atoms with Gasteiger partial charge in [-0.05, 0) is 32.3 Å². The molecule has 7 heteroatoms. The first kappa shape index (κ1) is 15.9. The predicted molar refractivity (Wildman–Crippen MR) is 83.2 cm³/mol. The van der Waals surface area contributed by atoms with E-state index < -0.39 is 10.0 Å². The van der Waals surface area contributed by atoms with Crippen molar-refractivity contribution >= 4 is 26.0 Å². The van der Waals surface area contributed by atoms with Crippen molar-refractivity contribution in [3.63, 3.8) is 0 Å². The van der Waals surface area contributed by atoms with E-state index in [2.05, 4.69) is 37.5 Å². The van der Waals surface area contributed by atoms with Gasteiger partial charge in [0.1, 0.15) is 0 Å². The van der Waals surface area contributed by atoms with Crippen molar-refractivity contribution in [2.45, 2.75) is 10.9 Å². The summed E-state index contributed by atoms with van der Waals surface area (Å²) in [6, 6.07) is 6.95. The fourth-order valence-electron chi connectivity index (χ4n) is 2.25. The van der Waals surface area contributed by atoms with Crippen molar-refractivity contribution in [2.24, 2.45) is 0 Å². The molecular weight excluding hydrogens is 342 g/mol. The molecule has 0 amide bonds. The van der Waals surface area contributed by atoms with Crippen LogP contribution in [0.4, 0.5) is 0 Å². The number of nitrogens with zero attached hydrogens (tertiary/aromatic N) is 2. The van der Waals surface area contributed by atoms with Gasteiger partial charge >= 0.3 is 0 Å². The van der Waals surface area contributed by atoms with E-state index in [4.69, 9.17) is 0 Å². The molecule has 0 aromatic heterocycles. The Morgan fingerprint density at radius 2 is 2.10 bits per heavy atom. The fraction of sp³-hybridized carbons (Fsp3) is 0.538. The van der Waals surface area contributed by atoms with Crippen LogP contribution >= 0.6 is 15.9 Å². The largest absolute Gasteiger partial charge is 0.303 e. The molecule has 0 bridgehead atoms. The lowest BCUT2D eigenvalue weighted by Crippen LogP contribution is -2.54. The number of piperazine rings is 1. The van der Waals surface area contributed by atoms with Gasteiger partial charge in [0, 0.05) is 36.7 Å². The number of rotatable bonds is 4. The average Bonchev–Trinajstić information content (AvgIpc) is 2.40. The number of nitrogens with one attached hydrogen (secondary N) is 1. The van der Waals surface area contributed by atoms with Gasteiger partial charge in [-0.1, -0.05) is 22.0 Å². The van der Waals surface area contributed by atoms with Gasteiger partial charge < -0.3 is 4.90 Å². The van der Waals surface area contributed by atoms with Gasteiger partial charge in [0.05, 0.1) is 4.90 Å². The highest BCUT2D eigenvalue weighted by atomic mass is 79.9. The van der Waals surface area contributed by atoms with Gasteiger partial charge in [0.2, 0.25) is 10.0 Å². The minimum Gasteiger partial charge on any atom is -0.303 e. The number of likely N-dealkylation sites (N-methyl/N-ethyl adjacent to an activating group) is 2. The van der Waals surface area contributed by atoms with Crippen LogP contribution in [0.5, 0.6) is 0 Å². The van der Waals surface area contributed by atoms with E-state index in [9.17, 15) is 8.42 Å². The van der Waals surface area contributed by atoms with Crippen molar-refractivity contribution in [3.05, 3.63) is 28.7 Å². The van der Waals surface area contributed by atoms with Gasteiger partial charge in [-0.15, -0.1) is 0 Å². The van der Waals surface area contributed by atoms with E-state index in [1.54, 1.807) is 18.2 Å². The van der Waals surface area contributed by atoms with Gasteiger partial charge in [-0.25, -0.2) is 13.1 Å². The highest BCUT2D eigenvalue weighted by Crippen LogP contribution is 2.16. The number of benzene rings is 1. The SMILES string of the molecule is CN1CCN(C)C(CNS(=O)(=O)c2cccc(Br)c2)C1. The summed E-state index contributed by atoms with van der Waals surface area (Å²) >= 11 is 3.29. The van der Waals surface area contributed by atoms with E-state index in [1.165, 1.54) is 0 Å². The second-order valence-corrected chi connectivity index (χ2v) is 7.89. The molecule has 5 nitrogen and oxygen atoms in total. The standard InChI is InChI=1S/C13H20BrN3O2S/c1-16-6-7-17(2)12(10-16)9-15-20(18,19)13-5-3-4-11(14)8-13/h3-5,8,12,15H,6-7,9-10H2,1-2H3. The molecule has 1 aromatic carbocycles. The van der Waals surface area contributed by atoms with E-state index >= 15 is 0 Å². The Hall–Kier alpha value is -0.470. The first-order chi connectivity index (χ1) is 9.38. The summed E-state index contributed by atoms with van der Waals surface area (Å²) in [5.74, 6) is 0. The average molecular weight is 362 g/mol. The maximum atomic E-state index is 12.3. The van der Waals surface area contributed by atoms with Crippen LogP contribution in [0.1, 0.15) is 0 Å². The van der Waals surface area contributed by atoms with Gasteiger partial charge in [0.25, 0.3) is 0 Å². The summed E-state index contributed by atoms with van der Waals surface area (Å²) in [4.78, 5) is 4.71. The molecule has 0 radical (unpaired) electrons. The monoisotopic (exact) mass is 361 g/mol. The van der Waals surface area contributed by atoms with E-state index in [-0.39, 0.29) is 6.04 Å². The molecule has 1 fully saturated rings. The Morgan fingerprint density at radius 1 is 1.35 bits per heavy atom. The summed E-state index contributed by atoms with van der Waals surface area (Å²) in [6.07, 6.45) is 0. The third-order valence-electron chi connectivity index (χ3n) is 3.60. The molecule has 1 heterocycles. The third kappa shape index (κ3) is 4.02. The highest BCUT2D eigenvalue weighted by molar-refractivity contribution is 9.10. The molecule has 0 spiro atoms. The van der Waals surface area contributed by atoms with Crippen molar-refractivity contribution in [1.29, 1.82) is 0 Å². The predicted octanol–water partition coefficient (Wildman–Crippen LogP) is 0.973. The molecular formula is C13H20BrN3O2S. The number of hydrogen-bond acceptors (Lipinski definition) is 4. The quantitative estimate of drug-likeness (QED) is 0.868. The second kappa shape index (κ2) is 6.53. The second-order valence-electron chi connectivity index (χ2n) is 5.21. The van der Waals surface area contributed by atoms with Crippen molar-refractivity contribution in [1.82, 2.24) is 14.5 Å². The molecule has 2 rings (SSSR count). The van der Waals surface area contributed by atoms with E-state index in [0.29, 0.717) is 11.4 Å². The van der Waals surface area contributed by atoms with Crippen LogP contribution in [0.3, 0.4) is 0 Å².